The van der Waals surface area contributed by atoms with Crippen molar-refractivity contribution >= 4 is 29.1 Å². The van der Waals surface area contributed by atoms with Crippen molar-refractivity contribution in [2.24, 2.45) is 0 Å². The predicted molar refractivity (Wildman–Crippen MR) is 97.8 cm³/mol. The number of pyridine rings is 1. The molecule has 0 fully saturated rings. The first-order valence-corrected chi connectivity index (χ1v) is 8.20. The highest BCUT2D eigenvalue weighted by atomic mass is 16.6. The fourth-order valence-electron chi connectivity index (χ4n) is 2.67. The van der Waals surface area contributed by atoms with Gasteiger partial charge in [-0.15, -0.1) is 0 Å². The van der Waals surface area contributed by atoms with Gasteiger partial charge in [-0.1, -0.05) is 17.7 Å². The first kappa shape index (κ1) is 18.3. The SMILES string of the molecule is Cc1ccc(NC(=O)CN2C(=O)C(C)(C)Oc3ccc([N+](=O)[O-])nc32)cc1. The van der Waals surface area contributed by atoms with Gasteiger partial charge in [-0.2, -0.15) is 0 Å². The smallest absolute Gasteiger partial charge is 0.366 e. The Hall–Kier alpha value is -3.49. The number of benzene rings is 1. The summed E-state index contributed by atoms with van der Waals surface area (Å²) in [6, 6.07) is 9.75. The summed E-state index contributed by atoms with van der Waals surface area (Å²) in [4.78, 5) is 40.5. The number of anilines is 2. The van der Waals surface area contributed by atoms with E-state index < -0.39 is 28.2 Å². The van der Waals surface area contributed by atoms with Gasteiger partial charge >= 0.3 is 5.82 Å². The molecule has 0 radical (unpaired) electrons. The molecule has 0 saturated carbocycles. The fraction of sp³-hybridized carbons (Fsp3) is 0.278. The molecule has 0 spiro atoms. The summed E-state index contributed by atoms with van der Waals surface area (Å²) in [5.41, 5.74) is 0.399. The van der Waals surface area contributed by atoms with Crippen LogP contribution < -0.4 is 15.0 Å². The van der Waals surface area contributed by atoms with E-state index in [-0.39, 0.29) is 18.1 Å². The summed E-state index contributed by atoms with van der Waals surface area (Å²) in [5, 5.41) is 13.7. The molecule has 0 aliphatic carbocycles. The maximum Gasteiger partial charge on any atom is 0.366 e. The highest BCUT2D eigenvalue weighted by Crippen LogP contribution is 2.37. The van der Waals surface area contributed by atoms with Gasteiger partial charge in [0.25, 0.3) is 11.7 Å². The van der Waals surface area contributed by atoms with E-state index in [9.17, 15) is 19.7 Å². The Morgan fingerprint density at radius 1 is 1.26 bits per heavy atom. The summed E-state index contributed by atoms with van der Waals surface area (Å²) in [6.45, 7) is 4.70. The average Bonchev–Trinajstić information content (AvgIpc) is 2.60. The van der Waals surface area contributed by atoms with Crippen LogP contribution in [0.2, 0.25) is 0 Å². The fourth-order valence-corrected chi connectivity index (χ4v) is 2.67. The maximum absolute atomic E-state index is 12.7. The molecular weight excluding hydrogens is 352 g/mol. The summed E-state index contributed by atoms with van der Waals surface area (Å²) >= 11 is 0. The van der Waals surface area contributed by atoms with Gasteiger partial charge in [0.05, 0.1) is 0 Å². The molecular formula is C18H18N4O5. The van der Waals surface area contributed by atoms with Gasteiger partial charge in [0.2, 0.25) is 5.91 Å². The highest BCUT2D eigenvalue weighted by molar-refractivity contribution is 6.07. The molecule has 0 atom stereocenters. The predicted octanol–water partition coefficient (Wildman–Crippen LogP) is 2.44. The number of aryl methyl sites for hydroxylation is 1. The lowest BCUT2D eigenvalue weighted by Gasteiger charge is -2.35. The topological polar surface area (TPSA) is 115 Å². The molecule has 3 rings (SSSR count). The van der Waals surface area contributed by atoms with Gasteiger partial charge < -0.3 is 20.2 Å². The van der Waals surface area contributed by atoms with E-state index in [0.29, 0.717) is 5.69 Å². The molecule has 140 valence electrons. The molecule has 2 aromatic rings. The number of hydrogen-bond acceptors (Lipinski definition) is 6. The van der Waals surface area contributed by atoms with E-state index >= 15 is 0 Å². The Morgan fingerprint density at radius 2 is 1.93 bits per heavy atom. The number of rotatable bonds is 4. The van der Waals surface area contributed by atoms with Crippen LogP contribution in [0.5, 0.6) is 5.75 Å². The minimum absolute atomic E-state index is 0.0485. The first-order valence-electron chi connectivity index (χ1n) is 8.20. The summed E-state index contributed by atoms with van der Waals surface area (Å²) in [6.07, 6.45) is 0. The first-order chi connectivity index (χ1) is 12.7. The zero-order chi connectivity index (χ0) is 19.8. The van der Waals surface area contributed by atoms with E-state index in [1.165, 1.54) is 12.1 Å². The molecule has 9 heteroatoms. The van der Waals surface area contributed by atoms with Crippen molar-refractivity contribution in [3.8, 4) is 5.75 Å². The van der Waals surface area contributed by atoms with Crippen LogP contribution in [0.3, 0.4) is 0 Å². The second kappa shape index (κ2) is 6.67. The third-order valence-corrected chi connectivity index (χ3v) is 4.03. The van der Waals surface area contributed by atoms with Gasteiger partial charge in [-0.25, -0.2) is 0 Å². The molecule has 1 aliphatic rings. The maximum atomic E-state index is 12.7. The zero-order valence-corrected chi connectivity index (χ0v) is 15.1. The lowest BCUT2D eigenvalue weighted by atomic mass is 10.1. The molecule has 2 heterocycles. The van der Waals surface area contributed by atoms with Gasteiger partial charge in [0, 0.05) is 11.8 Å². The zero-order valence-electron chi connectivity index (χ0n) is 15.1. The second-order valence-corrected chi connectivity index (χ2v) is 6.67. The number of nitrogens with zero attached hydrogens (tertiary/aromatic N) is 3. The minimum Gasteiger partial charge on any atom is -0.472 e. The van der Waals surface area contributed by atoms with Crippen molar-refractivity contribution in [1.29, 1.82) is 0 Å². The molecule has 9 nitrogen and oxygen atoms in total. The number of nitrogens with one attached hydrogen (secondary N) is 1. The van der Waals surface area contributed by atoms with Gasteiger partial charge in [0.1, 0.15) is 6.54 Å². The highest BCUT2D eigenvalue weighted by Gasteiger charge is 2.45. The number of hydrogen-bond donors (Lipinski definition) is 1. The molecule has 0 unspecified atom stereocenters. The molecule has 1 aromatic carbocycles. The molecule has 1 N–H and O–H groups in total. The van der Waals surface area contributed by atoms with E-state index in [2.05, 4.69) is 10.3 Å². The molecule has 1 aromatic heterocycles. The number of amides is 2. The van der Waals surface area contributed by atoms with Crippen LogP contribution in [-0.4, -0.2) is 33.9 Å². The van der Waals surface area contributed by atoms with Crippen molar-refractivity contribution < 1.29 is 19.2 Å². The second-order valence-electron chi connectivity index (χ2n) is 6.67. The third kappa shape index (κ3) is 3.71. The van der Waals surface area contributed by atoms with E-state index in [4.69, 9.17) is 4.74 Å². The van der Waals surface area contributed by atoms with Crippen LogP contribution in [0, 0.1) is 17.0 Å². The van der Waals surface area contributed by atoms with Crippen LogP contribution in [0.1, 0.15) is 19.4 Å². The average molecular weight is 370 g/mol. The van der Waals surface area contributed by atoms with Crippen molar-refractivity contribution in [3.05, 3.63) is 52.1 Å². The number of nitro groups is 1. The van der Waals surface area contributed by atoms with Crippen LogP contribution in [0.4, 0.5) is 17.3 Å². The van der Waals surface area contributed by atoms with Gasteiger partial charge in [-0.3, -0.25) is 14.5 Å². The molecule has 27 heavy (non-hydrogen) atoms. The number of carbonyl (C=O) groups is 2. The Kier molecular flexibility index (Phi) is 4.52. The quantitative estimate of drug-likeness (QED) is 0.653. The summed E-state index contributed by atoms with van der Waals surface area (Å²) in [5.74, 6) is -1.25. The van der Waals surface area contributed by atoms with Gasteiger partial charge in [-0.05, 0) is 48.9 Å². The number of carbonyl (C=O) groups excluding carboxylic acids is 2. The van der Waals surface area contributed by atoms with E-state index in [1.54, 1.807) is 26.0 Å². The molecule has 0 bridgehead atoms. The number of ether oxygens (including phenoxy) is 1. The van der Waals surface area contributed by atoms with Gasteiger partial charge in [0.15, 0.2) is 11.4 Å². The summed E-state index contributed by atoms with van der Waals surface area (Å²) < 4.78 is 5.60. The van der Waals surface area contributed by atoms with Crippen LogP contribution in [0.25, 0.3) is 0 Å². The van der Waals surface area contributed by atoms with Crippen molar-refractivity contribution in [1.82, 2.24) is 4.98 Å². The van der Waals surface area contributed by atoms with Crippen molar-refractivity contribution in [3.63, 3.8) is 0 Å². The largest absolute Gasteiger partial charge is 0.472 e. The van der Waals surface area contributed by atoms with Crippen molar-refractivity contribution in [2.45, 2.75) is 26.4 Å². The number of fused-ring (bicyclic) bond motifs is 1. The lowest BCUT2D eigenvalue weighted by Crippen LogP contribution is -2.54. The Bertz CT molecular complexity index is 924. The molecule has 1 aliphatic heterocycles. The lowest BCUT2D eigenvalue weighted by molar-refractivity contribution is -0.389. The summed E-state index contributed by atoms with van der Waals surface area (Å²) in [7, 11) is 0. The Labute approximate surface area is 155 Å². The van der Waals surface area contributed by atoms with Crippen LogP contribution in [-0.2, 0) is 9.59 Å². The Balaban J connectivity index is 1.89. The normalized spacial score (nSPS) is 14.9. The Morgan fingerprint density at radius 3 is 2.56 bits per heavy atom. The van der Waals surface area contributed by atoms with E-state index in [1.807, 2.05) is 19.1 Å². The third-order valence-electron chi connectivity index (χ3n) is 4.03. The minimum atomic E-state index is -1.23. The molecule has 0 saturated heterocycles. The van der Waals surface area contributed by atoms with Crippen LogP contribution >= 0.6 is 0 Å². The van der Waals surface area contributed by atoms with Crippen molar-refractivity contribution in [2.75, 3.05) is 16.8 Å². The standard InChI is InChI=1S/C18H18N4O5/c1-11-4-6-12(7-5-11)19-15(23)10-21-16-13(27-18(2,3)17(21)24)8-9-14(20-16)22(25)26/h4-9H,10H2,1-3H3,(H,19,23). The molecule has 2 amide bonds. The monoisotopic (exact) mass is 370 g/mol. The van der Waals surface area contributed by atoms with Crippen LogP contribution in [0.15, 0.2) is 36.4 Å². The number of aromatic nitrogens is 1. The van der Waals surface area contributed by atoms with E-state index in [0.717, 1.165) is 10.5 Å².